The van der Waals surface area contributed by atoms with Crippen LogP contribution in [-0.2, 0) is 4.79 Å². The van der Waals surface area contributed by atoms with E-state index in [2.05, 4.69) is 4.90 Å². The van der Waals surface area contributed by atoms with Crippen molar-refractivity contribution in [1.29, 1.82) is 0 Å². The normalized spacial score (nSPS) is 24.7. The van der Waals surface area contributed by atoms with Crippen LogP contribution in [0.15, 0.2) is 0 Å². The molecular formula is C15H29N3O. The Kier molecular flexibility index (Phi) is 5.22. The van der Waals surface area contributed by atoms with Gasteiger partial charge in [-0.3, -0.25) is 4.79 Å². The van der Waals surface area contributed by atoms with Gasteiger partial charge in [-0.1, -0.05) is 20.3 Å². The molecule has 0 unspecified atom stereocenters. The van der Waals surface area contributed by atoms with E-state index < -0.39 is 0 Å². The van der Waals surface area contributed by atoms with Gasteiger partial charge >= 0.3 is 0 Å². The monoisotopic (exact) mass is 267 g/mol. The molecule has 0 saturated carbocycles. The Balaban J connectivity index is 1.80. The first-order chi connectivity index (χ1) is 9.09. The Labute approximate surface area is 117 Å². The average Bonchev–Trinajstić information content (AvgIpc) is 2.46. The summed E-state index contributed by atoms with van der Waals surface area (Å²) in [5.41, 5.74) is 5.97. The van der Waals surface area contributed by atoms with Crippen LogP contribution in [0.2, 0.25) is 0 Å². The van der Waals surface area contributed by atoms with E-state index in [-0.39, 0.29) is 17.9 Å². The largest absolute Gasteiger partial charge is 0.341 e. The van der Waals surface area contributed by atoms with Gasteiger partial charge in [0.05, 0.1) is 6.04 Å². The van der Waals surface area contributed by atoms with Gasteiger partial charge in [0.1, 0.15) is 0 Å². The van der Waals surface area contributed by atoms with Crippen molar-refractivity contribution < 1.29 is 4.79 Å². The molecule has 4 heteroatoms. The van der Waals surface area contributed by atoms with Crippen LogP contribution in [0.1, 0.15) is 46.0 Å². The second-order valence-corrected chi connectivity index (χ2v) is 6.42. The summed E-state index contributed by atoms with van der Waals surface area (Å²) in [5, 5.41) is 0. The fourth-order valence-electron chi connectivity index (χ4n) is 3.23. The zero-order valence-corrected chi connectivity index (χ0v) is 12.5. The summed E-state index contributed by atoms with van der Waals surface area (Å²) in [5.74, 6) is 0.374. The number of amides is 1. The van der Waals surface area contributed by atoms with E-state index in [9.17, 15) is 4.79 Å². The third-order valence-corrected chi connectivity index (χ3v) is 4.69. The summed E-state index contributed by atoms with van der Waals surface area (Å²) in [6.45, 7) is 8.32. The Morgan fingerprint density at radius 3 is 2.16 bits per heavy atom. The van der Waals surface area contributed by atoms with Crippen molar-refractivity contribution in [3.8, 4) is 0 Å². The average molecular weight is 267 g/mol. The molecule has 4 nitrogen and oxygen atoms in total. The van der Waals surface area contributed by atoms with Crippen LogP contribution >= 0.6 is 0 Å². The van der Waals surface area contributed by atoms with Gasteiger partial charge in [-0.05, 0) is 44.7 Å². The van der Waals surface area contributed by atoms with E-state index in [1.807, 2.05) is 18.7 Å². The molecule has 0 bridgehead atoms. The zero-order valence-electron chi connectivity index (χ0n) is 12.5. The number of carbonyl (C=O) groups excluding carboxylic acids is 1. The Hall–Kier alpha value is -0.610. The maximum atomic E-state index is 12.2. The highest BCUT2D eigenvalue weighted by Crippen LogP contribution is 2.21. The van der Waals surface area contributed by atoms with Crippen LogP contribution < -0.4 is 5.73 Å². The lowest BCUT2D eigenvalue weighted by atomic mass is 9.98. The highest BCUT2D eigenvalue weighted by molar-refractivity contribution is 5.82. The number of piperidine rings is 2. The molecule has 0 aromatic heterocycles. The second kappa shape index (κ2) is 6.71. The van der Waals surface area contributed by atoms with Gasteiger partial charge in [-0.2, -0.15) is 0 Å². The van der Waals surface area contributed by atoms with Gasteiger partial charge in [0.25, 0.3) is 0 Å². The van der Waals surface area contributed by atoms with Crippen molar-refractivity contribution in [3.05, 3.63) is 0 Å². The first kappa shape index (κ1) is 14.8. The van der Waals surface area contributed by atoms with E-state index >= 15 is 0 Å². The molecule has 110 valence electrons. The molecule has 0 spiro atoms. The van der Waals surface area contributed by atoms with Crippen molar-refractivity contribution in [2.24, 2.45) is 11.7 Å². The highest BCUT2D eigenvalue weighted by Gasteiger charge is 2.30. The quantitative estimate of drug-likeness (QED) is 0.842. The van der Waals surface area contributed by atoms with E-state index in [1.165, 1.54) is 32.4 Å². The standard InChI is InChI=1S/C15H29N3O/c1-12(2)14(16)15(19)18-10-6-13(7-11-18)17-8-4-3-5-9-17/h12-14H,3-11,16H2,1-2H3/t14-/m1/s1. The molecule has 2 saturated heterocycles. The lowest BCUT2D eigenvalue weighted by molar-refractivity contribution is -0.135. The predicted octanol–water partition coefficient (Wildman–Crippen LogP) is 1.45. The fourth-order valence-corrected chi connectivity index (χ4v) is 3.23. The highest BCUT2D eigenvalue weighted by atomic mass is 16.2. The maximum absolute atomic E-state index is 12.2. The second-order valence-electron chi connectivity index (χ2n) is 6.42. The van der Waals surface area contributed by atoms with Crippen LogP contribution in [0.5, 0.6) is 0 Å². The Morgan fingerprint density at radius 2 is 1.63 bits per heavy atom. The molecule has 2 aliphatic rings. The van der Waals surface area contributed by atoms with Crippen molar-refractivity contribution >= 4 is 5.91 Å². The number of nitrogens with zero attached hydrogens (tertiary/aromatic N) is 2. The summed E-state index contributed by atoms with van der Waals surface area (Å²) in [4.78, 5) is 16.8. The van der Waals surface area contributed by atoms with Gasteiger partial charge < -0.3 is 15.5 Å². The molecule has 19 heavy (non-hydrogen) atoms. The Bertz CT molecular complexity index is 292. The van der Waals surface area contributed by atoms with Crippen LogP contribution in [-0.4, -0.2) is 54.0 Å². The summed E-state index contributed by atoms with van der Waals surface area (Å²) < 4.78 is 0. The molecule has 0 radical (unpaired) electrons. The topological polar surface area (TPSA) is 49.6 Å². The molecule has 2 aliphatic heterocycles. The smallest absolute Gasteiger partial charge is 0.239 e. The molecule has 1 amide bonds. The Morgan fingerprint density at radius 1 is 1.05 bits per heavy atom. The van der Waals surface area contributed by atoms with E-state index in [1.54, 1.807) is 0 Å². The molecule has 0 aromatic carbocycles. The van der Waals surface area contributed by atoms with Crippen LogP contribution in [0.4, 0.5) is 0 Å². The molecule has 1 atom stereocenters. The lowest BCUT2D eigenvalue weighted by Gasteiger charge is -2.41. The van der Waals surface area contributed by atoms with Gasteiger partial charge in [0.15, 0.2) is 0 Å². The minimum Gasteiger partial charge on any atom is -0.341 e. The maximum Gasteiger partial charge on any atom is 0.239 e. The lowest BCUT2D eigenvalue weighted by Crippen LogP contribution is -2.52. The van der Waals surface area contributed by atoms with Crippen LogP contribution in [0, 0.1) is 5.92 Å². The minimum atomic E-state index is -0.327. The zero-order chi connectivity index (χ0) is 13.8. The fraction of sp³-hybridized carbons (Fsp3) is 0.933. The minimum absolute atomic E-state index is 0.145. The first-order valence-corrected chi connectivity index (χ1v) is 7.88. The summed E-state index contributed by atoms with van der Waals surface area (Å²) in [7, 11) is 0. The summed E-state index contributed by atoms with van der Waals surface area (Å²) in [6, 6.07) is 0.367. The molecule has 0 aromatic rings. The number of rotatable bonds is 3. The van der Waals surface area contributed by atoms with E-state index in [4.69, 9.17) is 5.73 Å². The van der Waals surface area contributed by atoms with Gasteiger partial charge in [-0.15, -0.1) is 0 Å². The van der Waals surface area contributed by atoms with Crippen LogP contribution in [0.3, 0.4) is 0 Å². The molecule has 0 aliphatic carbocycles. The van der Waals surface area contributed by atoms with Crippen LogP contribution in [0.25, 0.3) is 0 Å². The van der Waals surface area contributed by atoms with E-state index in [0.29, 0.717) is 6.04 Å². The molecule has 2 heterocycles. The summed E-state index contributed by atoms with van der Waals surface area (Å²) in [6.07, 6.45) is 6.32. The predicted molar refractivity (Wildman–Crippen MR) is 77.8 cm³/mol. The summed E-state index contributed by atoms with van der Waals surface area (Å²) >= 11 is 0. The number of nitrogens with two attached hydrogens (primary N) is 1. The number of carbonyl (C=O) groups is 1. The third kappa shape index (κ3) is 3.69. The molecule has 2 fully saturated rings. The van der Waals surface area contributed by atoms with Gasteiger partial charge in [0, 0.05) is 19.1 Å². The molecule has 2 N–H and O–H groups in total. The third-order valence-electron chi connectivity index (χ3n) is 4.69. The van der Waals surface area contributed by atoms with Crippen molar-refractivity contribution in [2.45, 2.75) is 58.0 Å². The van der Waals surface area contributed by atoms with Crippen molar-refractivity contribution in [3.63, 3.8) is 0 Å². The van der Waals surface area contributed by atoms with Gasteiger partial charge in [-0.25, -0.2) is 0 Å². The molecule has 2 rings (SSSR count). The van der Waals surface area contributed by atoms with Crippen molar-refractivity contribution in [2.75, 3.05) is 26.2 Å². The van der Waals surface area contributed by atoms with Gasteiger partial charge in [0.2, 0.25) is 5.91 Å². The molecular weight excluding hydrogens is 238 g/mol. The van der Waals surface area contributed by atoms with E-state index in [0.717, 1.165) is 25.9 Å². The SMILES string of the molecule is CC(C)[C@@H](N)C(=O)N1CCC(N2CCCCC2)CC1. The first-order valence-electron chi connectivity index (χ1n) is 7.88. The number of hydrogen-bond donors (Lipinski definition) is 1. The number of hydrogen-bond acceptors (Lipinski definition) is 3. The van der Waals surface area contributed by atoms with Crippen molar-refractivity contribution in [1.82, 2.24) is 9.80 Å². The number of likely N-dealkylation sites (tertiary alicyclic amines) is 2.